The van der Waals surface area contributed by atoms with Gasteiger partial charge in [0.2, 0.25) is 0 Å². The molecule has 13 heavy (non-hydrogen) atoms. The maximum atomic E-state index is 11.1. The molecule has 0 aromatic carbocycles. The second kappa shape index (κ2) is 7.56. The van der Waals surface area contributed by atoms with Crippen molar-refractivity contribution in [2.45, 2.75) is 39.5 Å². The summed E-state index contributed by atoms with van der Waals surface area (Å²) in [6.45, 7) is 4.21. The number of rotatable bonds is 6. The molecule has 1 N–H and O–H groups in total. The van der Waals surface area contributed by atoms with E-state index in [0.717, 1.165) is 19.3 Å². The molecule has 0 saturated carbocycles. The minimum absolute atomic E-state index is 0.357. The van der Waals surface area contributed by atoms with E-state index < -0.39 is 5.97 Å². The van der Waals surface area contributed by atoms with Crippen molar-refractivity contribution in [2.24, 2.45) is 0 Å². The lowest BCUT2D eigenvalue weighted by Crippen LogP contribution is -2.08. The lowest BCUT2D eigenvalue weighted by Gasteiger charge is -2.02. The molecule has 0 radical (unpaired) electrons. The number of nitrogens with one attached hydrogen (secondary N) is 1. The molecule has 0 saturated heterocycles. The first-order valence-corrected chi connectivity index (χ1v) is 4.71. The minimum atomic E-state index is -0.395. The third kappa shape index (κ3) is 5.21. The average Bonchev–Trinajstić information content (AvgIpc) is 2.13. The van der Waals surface area contributed by atoms with Gasteiger partial charge in [0.1, 0.15) is 0 Å². The van der Waals surface area contributed by atoms with E-state index in [1.165, 1.54) is 0 Å². The molecule has 0 fully saturated rings. The molecule has 0 rings (SSSR count). The van der Waals surface area contributed by atoms with E-state index in [1.54, 1.807) is 6.92 Å². The molecule has 0 unspecified atom stereocenters. The maximum Gasteiger partial charge on any atom is 0.343 e. The molecule has 0 spiro atoms. The SMILES string of the molecule is CCCCCC(=C=N)C(=O)OCC. The van der Waals surface area contributed by atoms with E-state index in [-0.39, 0.29) is 0 Å². The molecule has 0 bridgehead atoms. The van der Waals surface area contributed by atoms with Crippen LogP contribution in [0.2, 0.25) is 0 Å². The molecule has 0 amide bonds. The maximum absolute atomic E-state index is 11.1. The van der Waals surface area contributed by atoms with Gasteiger partial charge in [-0.15, -0.1) is 0 Å². The van der Waals surface area contributed by atoms with Crippen molar-refractivity contribution in [3.63, 3.8) is 0 Å². The van der Waals surface area contributed by atoms with Crippen LogP contribution in [0.3, 0.4) is 0 Å². The summed E-state index contributed by atoms with van der Waals surface area (Å²) in [6, 6.07) is 0. The third-order valence-corrected chi connectivity index (χ3v) is 1.70. The molecular weight excluding hydrogens is 166 g/mol. The van der Waals surface area contributed by atoms with Crippen molar-refractivity contribution < 1.29 is 9.53 Å². The smallest absolute Gasteiger partial charge is 0.343 e. The Bertz CT molecular complexity index is 205. The highest BCUT2D eigenvalue weighted by Gasteiger charge is 2.09. The Labute approximate surface area is 79.3 Å². The predicted molar refractivity (Wildman–Crippen MR) is 52.0 cm³/mol. The molecule has 0 aliphatic heterocycles. The van der Waals surface area contributed by atoms with Gasteiger partial charge < -0.3 is 4.74 Å². The van der Waals surface area contributed by atoms with Crippen molar-refractivity contribution in [1.29, 1.82) is 5.41 Å². The van der Waals surface area contributed by atoms with E-state index >= 15 is 0 Å². The van der Waals surface area contributed by atoms with Gasteiger partial charge in [-0.2, -0.15) is 0 Å². The topological polar surface area (TPSA) is 50.2 Å². The van der Waals surface area contributed by atoms with Crippen LogP contribution in [0.4, 0.5) is 0 Å². The number of esters is 1. The van der Waals surface area contributed by atoms with Crippen molar-refractivity contribution in [3.05, 3.63) is 5.57 Å². The summed E-state index contributed by atoms with van der Waals surface area (Å²) in [5.74, 6) is 1.74. The van der Waals surface area contributed by atoms with E-state index in [1.807, 2.05) is 0 Å². The summed E-state index contributed by atoms with van der Waals surface area (Å²) in [4.78, 5) is 11.1. The standard InChI is InChI=1S/C10H17NO2/c1-3-5-6-7-9(8-11)10(12)13-4-2/h11H,3-7H2,1-2H3. The van der Waals surface area contributed by atoms with Gasteiger partial charge in [0.05, 0.1) is 12.2 Å². The molecule has 0 heterocycles. The molecule has 3 heteroatoms. The molecule has 3 nitrogen and oxygen atoms in total. The van der Waals surface area contributed by atoms with Crippen molar-refractivity contribution in [3.8, 4) is 0 Å². The van der Waals surface area contributed by atoms with Crippen LogP contribution in [0.25, 0.3) is 0 Å². The Kier molecular flexibility index (Phi) is 6.93. The van der Waals surface area contributed by atoms with E-state index in [0.29, 0.717) is 18.6 Å². The number of hydrogen-bond acceptors (Lipinski definition) is 3. The Morgan fingerprint density at radius 2 is 2.08 bits per heavy atom. The molecule has 74 valence electrons. The highest BCUT2D eigenvalue weighted by molar-refractivity contribution is 5.97. The lowest BCUT2D eigenvalue weighted by atomic mass is 10.1. The predicted octanol–water partition coefficient (Wildman–Crippen LogP) is 2.30. The van der Waals surface area contributed by atoms with Gasteiger partial charge in [0.25, 0.3) is 0 Å². The van der Waals surface area contributed by atoms with Crippen molar-refractivity contribution >= 4 is 11.8 Å². The summed E-state index contributed by atoms with van der Waals surface area (Å²) >= 11 is 0. The molecule has 0 aliphatic rings. The van der Waals surface area contributed by atoms with Crippen LogP contribution in [0.5, 0.6) is 0 Å². The number of ether oxygens (including phenoxy) is 1. The normalized spacial score (nSPS) is 9.08. The van der Waals surface area contributed by atoms with Crippen LogP contribution >= 0.6 is 0 Å². The number of unbranched alkanes of at least 4 members (excludes halogenated alkanes) is 2. The van der Waals surface area contributed by atoms with Gasteiger partial charge in [0.15, 0.2) is 0 Å². The molecule has 0 aromatic heterocycles. The van der Waals surface area contributed by atoms with Gasteiger partial charge in [-0.1, -0.05) is 19.8 Å². The van der Waals surface area contributed by atoms with E-state index in [4.69, 9.17) is 10.1 Å². The molecule has 0 atom stereocenters. The first kappa shape index (κ1) is 11.9. The first-order valence-electron chi connectivity index (χ1n) is 4.71. The van der Waals surface area contributed by atoms with E-state index in [2.05, 4.69) is 12.8 Å². The van der Waals surface area contributed by atoms with Gasteiger partial charge >= 0.3 is 5.97 Å². The van der Waals surface area contributed by atoms with Crippen molar-refractivity contribution in [2.75, 3.05) is 6.61 Å². The van der Waals surface area contributed by atoms with Crippen LogP contribution in [-0.2, 0) is 9.53 Å². The third-order valence-electron chi connectivity index (χ3n) is 1.70. The summed E-state index contributed by atoms with van der Waals surface area (Å²) in [6.07, 6.45) is 3.71. The molecular formula is C10H17NO2. The molecule has 0 aromatic rings. The second-order valence-corrected chi connectivity index (χ2v) is 2.78. The number of carbonyl (C=O) groups excluding carboxylic acids is 1. The zero-order valence-electron chi connectivity index (χ0n) is 8.35. The van der Waals surface area contributed by atoms with Crippen LogP contribution in [-0.4, -0.2) is 18.4 Å². The lowest BCUT2D eigenvalue weighted by molar-refractivity contribution is -0.138. The van der Waals surface area contributed by atoms with Crippen LogP contribution in [0, 0.1) is 5.41 Å². The highest BCUT2D eigenvalue weighted by atomic mass is 16.5. The highest BCUT2D eigenvalue weighted by Crippen LogP contribution is 2.07. The monoisotopic (exact) mass is 183 g/mol. The Balaban J connectivity index is 3.90. The quantitative estimate of drug-likeness (QED) is 0.297. The Hall–Kier alpha value is -1.08. The van der Waals surface area contributed by atoms with Gasteiger partial charge in [-0.25, -0.2) is 4.79 Å². The first-order chi connectivity index (χ1) is 6.26. The fourth-order valence-electron chi connectivity index (χ4n) is 0.986. The van der Waals surface area contributed by atoms with Gasteiger partial charge in [-0.05, 0) is 25.6 Å². The Morgan fingerprint density at radius 1 is 1.38 bits per heavy atom. The zero-order chi connectivity index (χ0) is 10.1. The van der Waals surface area contributed by atoms with Crippen LogP contribution in [0.1, 0.15) is 39.5 Å². The second-order valence-electron chi connectivity index (χ2n) is 2.78. The van der Waals surface area contributed by atoms with Gasteiger partial charge in [-0.3, -0.25) is 5.41 Å². The average molecular weight is 183 g/mol. The fraction of sp³-hybridized carbons (Fsp3) is 0.700. The number of carbonyl (C=O) groups is 1. The Morgan fingerprint density at radius 3 is 2.54 bits per heavy atom. The largest absolute Gasteiger partial charge is 0.462 e. The summed E-state index contributed by atoms with van der Waals surface area (Å²) in [7, 11) is 0. The minimum Gasteiger partial charge on any atom is -0.462 e. The van der Waals surface area contributed by atoms with Gasteiger partial charge in [0, 0.05) is 0 Å². The summed E-state index contributed by atoms with van der Waals surface area (Å²) < 4.78 is 4.77. The summed E-state index contributed by atoms with van der Waals surface area (Å²) in [5.41, 5.74) is 0.357. The summed E-state index contributed by atoms with van der Waals surface area (Å²) in [5, 5.41) is 6.92. The molecule has 0 aliphatic carbocycles. The van der Waals surface area contributed by atoms with Crippen molar-refractivity contribution in [1.82, 2.24) is 0 Å². The van der Waals surface area contributed by atoms with Crippen LogP contribution in [0.15, 0.2) is 5.57 Å². The van der Waals surface area contributed by atoms with E-state index in [9.17, 15) is 4.79 Å². The fourth-order valence-corrected chi connectivity index (χ4v) is 0.986. The van der Waals surface area contributed by atoms with Crippen LogP contribution < -0.4 is 0 Å². The number of hydrogen-bond donors (Lipinski definition) is 1. The zero-order valence-corrected chi connectivity index (χ0v) is 8.35.